The zero-order valence-electron chi connectivity index (χ0n) is 25.9. The highest BCUT2D eigenvalue weighted by molar-refractivity contribution is 6.00. The molecule has 2 aromatic carbocycles. The van der Waals surface area contributed by atoms with Gasteiger partial charge in [-0.2, -0.15) is 5.10 Å². The number of urea groups is 1. The number of carbonyl (C=O) groups is 2. The van der Waals surface area contributed by atoms with E-state index in [0.29, 0.717) is 43.4 Å². The van der Waals surface area contributed by atoms with Crippen LogP contribution in [-0.2, 0) is 5.41 Å². The number of pyridine rings is 1. The summed E-state index contributed by atoms with van der Waals surface area (Å²) in [5.41, 5.74) is 3.79. The highest BCUT2D eigenvalue weighted by Gasteiger charge is 2.27. The second-order valence-corrected chi connectivity index (χ2v) is 11.9. The molecule has 4 aromatic rings. The average Bonchev–Trinajstić information content (AvgIpc) is 3.42. The van der Waals surface area contributed by atoms with Gasteiger partial charge in [0.25, 0.3) is 5.91 Å². The number of hydrogen-bond acceptors (Lipinski definition) is 6. The van der Waals surface area contributed by atoms with Crippen molar-refractivity contribution in [3.05, 3.63) is 89.0 Å². The molecule has 0 saturated carbocycles. The van der Waals surface area contributed by atoms with Crippen molar-refractivity contribution >= 4 is 29.3 Å². The Morgan fingerprint density at radius 3 is 2.27 bits per heavy atom. The van der Waals surface area contributed by atoms with Crippen molar-refractivity contribution in [3.63, 3.8) is 0 Å². The number of carbonyl (C=O) groups excluding carboxylic acids is 2. The smallest absolute Gasteiger partial charge is 0.324 e. The second-order valence-electron chi connectivity index (χ2n) is 11.9. The molecule has 0 atom stereocenters. The number of ether oxygens (including phenoxy) is 1. The topological polar surface area (TPSA) is 105 Å². The summed E-state index contributed by atoms with van der Waals surface area (Å²) in [5.74, 6) is 0.509. The minimum Gasteiger partial charge on any atom is -0.496 e. The first kappa shape index (κ1) is 30.5. The highest BCUT2D eigenvalue weighted by atomic mass is 19.1. The first-order chi connectivity index (χ1) is 20.9. The summed E-state index contributed by atoms with van der Waals surface area (Å²) >= 11 is 0. The molecule has 0 unspecified atom stereocenters. The van der Waals surface area contributed by atoms with Crippen molar-refractivity contribution in [2.24, 2.45) is 0 Å². The highest BCUT2D eigenvalue weighted by Crippen LogP contribution is 2.28. The van der Waals surface area contributed by atoms with Crippen LogP contribution in [0, 0.1) is 19.7 Å². The molecule has 0 aliphatic carbocycles. The van der Waals surface area contributed by atoms with Crippen LogP contribution in [0.4, 0.5) is 26.5 Å². The lowest BCUT2D eigenvalue weighted by molar-refractivity contribution is 0.0738. The minimum absolute atomic E-state index is 0.0531. The van der Waals surface area contributed by atoms with E-state index in [4.69, 9.17) is 14.8 Å². The summed E-state index contributed by atoms with van der Waals surface area (Å²) in [5, 5.41) is 10.6. The number of piperazine rings is 1. The molecular weight excluding hydrogens is 561 g/mol. The largest absolute Gasteiger partial charge is 0.496 e. The summed E-state index contributed by atoms with van der Waals surface area (Å²) in [7, 11) is 1.42. The number of rotatable bonds is 6. The average molecular weight is 600 g/mol. The van der Waals surface area contributed by atoms with Crippen LogP contribution in [0.5, 0.6) is 5.75 Å². The molecule has 1 aliphatic heterocycles. The molecule has 44 heavy (non-hydrogen) atoms. The van der Waals surface area contributed by atoms with Crippen molar-refractivity contribution in [3.8, 4) is 11.4 Å². The fraction of sp³-hybridized carbons (Fsp3) is 0.333. The SMILES string of the molecule is COc1cccc(F)c1C(=O)N1CCN(c2ccc(NC(=O)Nc3cc(C(C)(C)C)nn3-c3ccc(C)cc3)c(C)n2)CC1. The van der Waals surface area contributed by atoms with Crippen molar-refractivity contribution in [1.29, 1.82) is 0 Å². The summed E-state index contributed by atoms with van der Waals surface area (Å²) in [6, 6.07) is 17.4. The van der Waals surface area contributed by atoms with E-state index in [1.807, 2.05) is 56.3 Å². The molecule has 3 amide bonds. The van der Waals surface area contributed by atoms with E-state index in [1.165, 1.54) is 19.2 Å². The Morgan fingerprint density at radius 2 is 1.64 bits per heavy atom. The van der Waals surface area contributed by atoms with Gasteiger partial charge in [0, 0.05) is 37.7 Å². The van der Waals surface area contributed by atoms with E-state index in [2.05, 4.69) is 36.3 Å². The van der Waals surface area contributed by atoms with E-state index < -0.39 is 17.8 Å². The molecule has 3 heterocycles. The van der Waals surface area contributed by atoms with E-state index in [1.54, 1.807) is 15.6 Å². The Balaban J connectivity index is 1.24. The van der Waals surface area contributed by atoms with Gasteiger partial charge in [0.15, 0.2) is 0 Å². The number of anilines is 3. The zero-order chi connectivity index (χ0) is 31.6. The number of halogens is 1. The fourth-order valence-corrected chi connectivity index (χ4v) is 5.02. The molecule has 10 nitrogen and oxygen atoms in total. The Morgan fingerprint density at radius 1 is 0.932 bits per heavy atom. The standard InChI is InChI=1S/C33H38FN7O3/c1-21-10-12-23(13-11-21)41-29(20-27(38-41)33(3,4)5)37-32(43)36-25-14-15-28(35-22(25)2)39-16-18-40(19-17-39)31(42)30-24(34)8-7-9-26(30)44-6/h7-15,20H,16-19H2,1-6H3,(H2,36,37,43). The van der Waals surface area contributed by atoms with Crippen LogP contribution in [0.2, 0.25) is 0 Å². The molecule has 230 valence electrons. The van der Waals surface area contributed by atoms with Crippen LogP contribution in [0.3, 0.4) is 0 Å². The molecule has 2 N–H and O–H groups in total. The van der Waals surface area contributed by atoms with Gasteiger partial charge in [0.2, 0.25) is 0 Å². The normalized spacial score (nSPS) is 13.5. The maximum Gasteiger partial charge on any atom is 0.324 e. The Kier molecular flexibility index (Phi) is 8.57. The van der Waals surface area contributed by atoms with Gasteiger partial charge in [0.1, 0.15) is 28.8 Å². The monoisotopic (exact) mass is 599 g/mol. The van der Waals surface area contributed by atoms with Crippen LogP contribution in [0.25, 0.3) is 5.69 Å². The third-order valence-electron chi connectivity index (χ3n) is 7.62. The maximum atomic E-state index is 14.5. The summed E-state index contributed by atoms with van der Waals surface area (Å²) in [4.78, 5) is 34.6. The van der Waals surface area contributed by atoms with E-state index in [0.717, 1.165) is 22.8 Å². The van der Waals surface area contributed by atoms with Gasteiger partial charge in [-0.3, -0.25) is 10.1 Å². The molecular formula is C33H38FN7O3. The third-order valence-corrected chi connectivity index (χ3v) is 7.62. The molecule has 1 fully saturated rings. The number of amides is 3. The van der Waals surface area contributed by atoms with Gasteiger partial charge in [0.05, 0.1) is 29.9 Å². The van der Waals surface area contributed by atoms with Gasteiger partial charge in [-0.1, -0.05) is 44.5 Å². The van der Waals surface area contributed by atoms with Crippen molar-refractivity contribution < 1.29 is 18.7 Å². The van der Waals surface area contributed by atoms with E-state index in [9.17, 15) is 14.0 Å². The van der Waals surface area contributed by atoms with Crippen molar-refractivity contribution in [2.75, 3.05) is 48.8 Å². The van der Waals surface area contributed by atoms with Crippen molar-refractivity contribution in [2.45, 2.75) is 40.0 Å². The van der Waals surface area contributed by atoms with Gasteiger partial charge >= 0.3 is 6.03 Å². The molecule has 1 aliphatic rings. The molecule has 0 bridgehead atoms. The fourth-order valence-electron chi connectivity index (χ4n) is 5.02. The molecule has 5 rings (SSSR count). The number of methoxy groups -OCH3 is 1. The van der Waals surface area contributed by atoms with Crippen LogP contribution in [0.15, 0.2) is 60.7 Å². The minimum atomic E-state index is -0.601. The Hall–Kier alpha value is -4.93. The summed E-state index contributed by atoms with van der Waals surface area (Å²) < 4.78 is 21.4. The number of nitrogens with one attached hydrogen (secondary N) is 2. The van der Waals surface area contributed by atoms with E-state index in [-0.39, 0.29) is 16.7 Å². The van der Waals surface area contributed by atoms with Gasteiger partial charge in [-0.15, -0.1) is 0 Å². The van der Waals surface area contributed by atoms with E-state index >= 15 is 0 Å². The quantitative estimate of drug-likeness (QED) is 0.285. The zero-order valence-corrected chi connectivity index (χ0v) is 25.9. The molecule has 11 heteroatoms. The van der Waals surface area contributed by atoms with Gasteiger partial charge in [-0.25, -0.2) is 18.9 Å². The third kappa shape index (κ3) is 6.51. The van der Waals surface area contributed by atoms with Gasteiger partial charge in [-0.05, 0) is 50.2 Å². The lowest BCUT2D eigenvalue weighted by atomic mass is 9.92. The second kappa shape index (κ2) is 12.4. The molecule has 1 saturated heterocycles. The number of aryl methyl sites for hydroxylation is 2. The van der Waals surface area contributed by atoms with Crippen molar-refractivity contribution in [1.82, 2.24) is 19.7 Å². The number of aromatic nitrogens is 3. The predicted molar refractivity (Wildman–Crippen MR) is 170 cm³/mol. The Bertz CT molecular complexity index is 1670. The van der Waals surface area contributed by atoms with Crippen LogP contribution in [-0.4, -0.2) is 64.9 Å². The van der Waals surface area contributed by atoms with Crippen LogP contribution < -0.4 is 20.3 Å². The number of hydrogen-bond donors (Lipinski definition) is 2. The lowest BCUT2D eigenvalue weighted by Crippen LogP contribution is -2.49. The predicted octanol–water partition coefficient (Wildman–Crippen LogP) is 5.94. The number of benzene rings is 2. The molecule has 0 spiro atoms. The molecule has 2 aromatic heterocycles. The summed E-state index contributed by atoms with van der Waals surface area (Å²) in [6.07, 6.45) is 0. The van der Waals surface area contributed by atoms with Gasteiger partial charge < -0.3 is 19.9 Å². The number of nitrogens with zero attached hydrogens (tertiary/aromatic N) is 5. The first-order valence-electron chi connectivity index (χ1n) is 14.5. The Labute approximate surface area is 256 Å². The van der Waals surface area contributed by atoms with Crippen LogP contribution in [0.1, 0.15) is 48.1 Å². The molecule has 0 radical (unpaired) electrons. The lowest BCUT2D eigenvalue weighted by Gasteiger charge is -2.35. The van der Waals surface area contributed by atoms with Crippen LogP contribution >= 0.6 is 0 Å². The summed E-state index contributed by atoms with van der Waals surface area (Å²) in [6.45, 7) is 12.0. The maximum absolute atomic E-state index is 14.5. The first-order valence-corrected chi connectivity index (χ1v) is 14.5.